The fourth-order valence-electron chi connectivity index (χ4n) is 1.25. The molecule has 98 valence electrons. The van der Waals surface area contributed by atoms with E-state index in [-0.39, 0.29) is 5.75 Å². The van der Waals surface area contributed by atoms with Crippen molar-refractivity contribution in [3.05, 3.63) is 58.0 Å². The number of nitro groups is 1. The quantitative estimate of drug-likeness (QED) is 0.488. The van der Waals surface area contributed by atoms with E-state index in [1.807, 2.05) is 0 Å². The molecule has 0 atom stereocenters. The van der Waals surface area contributed by atoms with E-state index in [0.717, 1.165) is 24.4 Å². The average Bonchev–Trinajstić information content (AvgIpc) is 2.40. The van der Waals surface area contributed by atoms with Gasteiger partial charge in [0.05, 0.1) is 0 Å². The number of rotatable bonds is 3. The molecule has 0 spiro atoms. The molecule has 5 nitrogen and oxygen atoms in total. The first kappa shape index (κ1) is 12.8. The summed E-state index contributed by atoms with van der Waals surface area (Å²) >= 11 is 0. The zero-order valence-electron chi connectivity index (χ0n) is 9.14. The summed E-state index contributed by atoms with van der Waals surface area (Å²) in [5, 5.41) is 10.4. The van der Waals surface area contributed by atoms with Crippen LogP contribution in [0.3, 0.4) is 0 Å². The number of aromatic nitrogens is 1. The summed E-state index contributed by atoms with van der Waals surface area (Å²) in [5.74, 6) is -5.50. The monoisotopic (exact) mass is 270 g/mol. The van der Waals surface area contributed by atoms with E-state index in [1.54, 1.807) is 0 Å². The van der Waals surface area contributed by atoms with Crippen molar-refractivity contribution in [2.45, 2.75) is 0 Å². The molecule has 0 fully saturated rings. The van der Waals surface area contributed by atoms with E-state index in [0.29, 0.717) is 6.07 Å². The van der Waals surface area contributed by atoms with E-state index in [2.05, 4.69) is 4.98 Å². The first-order valence-electron chi connectivity index (χ1n) is 4.91. The minimum Gasteiger partial charge on any atom is -0.450 e. The molecule has 0 radical (unpaired) electrons. The molecule has 0 unspecified atom stereocenters. The van der Waals surface area contributed by atoms with Gasteiger partial charge in [0.25, 0.3) is 0 Å². The smallest absolute Gasteiger partial charge is 0.363 e. The van der Waals surface area contributed by atoms with Crippen LogP contribution in [-0.2, 0) is 0 Å². The molecule has 0 N–H and O–H groups in total. The van der Waals surface area contributed by atoms with Gasteiger partial charge in [-0.05, 0) is 28.1 Å². The van der Waals surface area contributed by atoms with Crippen LogP contribution in [0, 0.1) is 27.6 Å². The summed E-state index contributed by atoms with van der Waals surface area (Å²) < 4.78 is 43.8. The van der Waals surface area contributed by atoms with Crippen LogP contribution in [0.1, 0.15) is 0 Å². The molecule has 8 heteroatoms. The Hall–Kier alpha value is -2.64. The fraction of sp³-hybridized carbons (Fsp3) is 0. The zero-order valence-corrected chi connectivity index (χ0v) is 9.14. The second kappa shape index (κ2) is 4.92. The molecule has 1 aromatic heterocycles. The van der Waals surface area contributed by atoms with Crippen LogP contribution in [0.15, 0.2) is 30.5 Å². The third kappa shape index (κ3) is 2.62. The third-order valence-electron chi connectivity index (χ3n) is 2.14. The maximum Gasteiger partial charge on any atom is 0.363 e. The summed E-state index contributed by atoms with van der Waals surface area (Å²) in [5.41, 5.74) is 0. The van der Waals surface area contributed by atoms with Crippen LogP contribution >= 0.6 is 0 Å². The fourth-order valence-corrected chi connectivity index (χ4v) is 1.25. The van der Waals surface area contributed by atoms with Gasteiger partial charge < -0.3 is 14.9 Å². The standard InChI is InChI=1S/C11H5F3N2O3/c12-7-2-3-8(11(14)10(7)13)19-6-1-4-9(15-5-6)16(17)18/h1-5H. The van der Waals surface area contributed by atoms with Gasteiger partial charge in [-0.15, -0.1) is 0 Å². The third-order valence-corrected chi connectivity index (χ3v) is 2.14. The van der Waals surface area contributed by atoms with E-state index in [9.17, 15) is 23.3 Å². The Morgan fingerprint density at radius 3 is 2.42 bits per heavy atom. The first-order chi connectivity index (χ1) is 8.99. The van der Waals surface area contributed by atoms with Crippen LogP contribution in [0.2, 0.25) is 0 Å². The highest BCUT2D eigenvalue weighted by atomic mass is 19.2. The first-order valence-corrected chi connectivity index (χ1v) is 4.91. The van der Waals surface area contributed by atoms with Gasteiger partial charge in [-0.3, -0.25) is 0 Å². The van der Waals surface area contributed by atoms with E-state index in [1.165, 1.54) is 0 Å². The molecule has 19 heavy (non-hydrogen) atoms. The lowest BCUT2D eigenvalue weighted by atomic mass is 10.3. The number of benzene rings is 1. The summed E-state index contributed by atoms with van der Waals surface area (Å²) in [4.78, 5) is 13.1. The lowest BCUT2D eigenvalue weighted by Gasteiger charge is -2.05. The molecule has 0 amide bonds. The SMILES string of the molecule is O=[N+]([O-])c1ccc(Oc2ccc(F)c(F)c2F)cn1. The van der Waals surface area contributed by atoms with Crippen molar-refractivity contribution in [1.29, 1.82) is 0 Å². The van der Waals surface area contributed by atoms with Crippen LogP contribution in [0.5, 0.6) is 11.5 Å². The van der Waals surface area contributed by atoms with Crippen LogP contribution in [0.25, 0.3) is 0 Å². The van der Waals surface area contributed by atoms with Gasteiger partial charge in [0.1, 0.15) is 0 Å². The molecule has 2 rings (SSSR count). The highest BCUT2D eigenvalue weighted by molar-refractivity contribution is 5.34. The molecule has 2 aromatic rings. The van der Waals surface area contributed by atoms with Gasteiger partial charge in [0.2, 0.25) is 5.82 Å². The maximum absolute atomic E-state index is 13.3. The Balaban J connectivity index is 2.26. The summed E-state index contributed by atoms with van der Waals surface area (Å²) in [6.45, 7) is 0. The molecule has 0 aliphatic carbocycles. The van der Waals surface area contributed by atoms with Crippen LogP contribution < -0.4 is 4.74 Å². The largest absolute Gasteiger partial charge is 0.450 e. The molecular weight excluding hydrogens is 265 g/mol. The molecule has 0 aliphatic heterocycles. The number of halogens is 3. The number of hydrogen-bond donors (Lipinski definition) is 0. The van der Waals surface area contributed by atoms with Crippen molar-refractivity contribution in [1.82, 2.24) is 4.98 Å². The van der Waals surface area contributed by atoms with Gasteiger partial charge in [-0.1, -0.05) is 0 Å². The van der Waals surface area contributed by atoms with E-state index < -0.39 is 33.9 Å². The van der Waals surface area contributed by atoms with Crippen LogP contribution in [0.4, 0.5) is 19.0 Å². The second-order valence-corrected chi connectivity index (χ2v) is 3.38. The van der Waals surface area contributed by atoms with Gasteiger partial charge in [-0.25, -0.2) is 8.78 Å². The molecular formula is C11H5F3N2O3. The topological polar surface area (TPSA) is 65.3 Å². The second-order valence-electron chi connectivity index (χ2n) is 3.38. The lowest BCUT2D eigenvalue weighted by Crippen LogP contribution is -1.96. The molecule has 1 heterocycles. The van der Waals surface area contributed by atoms with E-state index in [4.69, 9.17) is 4.74 Å². The van der Waals surface area contributed by atoms with Gasteiger partial charge in [0, 0.05) is 6.07 Å². The average molecular weight is 270 g/mol. The summed E-state index contributed by atoms with van der Waals surface area (Å²) in [6, 6.07) is 3.79. The molecule has 0 saturated heterocycles. The highest BCUT2D eigenvalue weighted by Gasteiger charge is 2.16. The Kier molecular flexibility index (Phi) is 3.32. The lowest BCUT2D eigenvalue weighted by molar-refractivity contribution is -0.389. The van der Waals surface area contributed by atoms with Gasteiger partial charge >= 0.3 is 5.82 Å². The number of pyridine rings is 1. The van der Waals surface area contributed by atoms with Crippen molar-refractivity contribution >= 4 is 5.82 Å². The normalized spacial score (nSPS) is 10.3. The van der Waals surface area contributed by atoms with Gasteiger partial charge in [-0.2, -0.15) is 4.39 Å². The molecule has 0 saturated carbocycles. The number of hydrogen-bond acceptors (Lipinski definition) is 4. The Morgan fingerprint density at radius 1 is 1.11 bits per heavy atom. The Labute approximate surface area is 104 Å². The summed E-state index contributed by atoms with van der Waals surface area (Å²) in [7, 11) is 0. The predicted octanol–water partition coefficient (Wildman–Crippen LogP) is 3.20. The minimum absolute atomic E-state index is 0.0458. The Bertz CT molecular complexity index is 632. The molecule has 0 aliphatic rings. The predicted molar refractivity (Wildman–Crippen MR) is 57.3 cm³/mol. The van der Waals surface area contributed by atoms with Crippen molar-refractivity contribution in [2.75, 3.05) is 0 Å². The van der Waals surface area contributed by atoms with E-state index >= 15 is 0 Å². The van der Waals surface area contributed by atoms with Crippen molar-refractivity contribution in [3.63, 3.8) is 0 Å². The maximum atomic E-state index is 13.3. The minimum atomic E-state index is -1.66. The molecule has 1 aromatic carbocycles. The van der Waals surface area contributed by atoms with Gasteiger partial charge in [0.15, 0.2) is 29.3 Å². The Morgan fingerprint density at radius 2 is 1.84 bits per heavy atom. The highest BCUT2D eigenvalue weighted by Crippen LogP contribution is 2.27. The van der Waals surface area contributed by atoms with Crippen molar-refractivity contribution in [3.8, 4) is 11.5 Å². The molecule has 0 bridgehead atoms. The summed E-state index contributed by atoms with van der Waals surface area (Å²) in [6.07, 6.45) is 0.971. The van der Waals surface area contributed by atoms with Crippen molar-refractivity contribution in [2.24, 2.45) is 0 Å². The zero-order chi connectivity index (χ0) is 14.0. The van der Waals surface area contributed by atoms with Crippen molar-refractivity contribution < 1.29 is 22.8 Å². The number of ether oxygens (including phenoxy) is 1. The van der Waals surface area contributed by atoms with Crippen LogP contribution in [-0.4, -0.2) is 9.91 Å². The number of nitrogens with zero attached hydrogens (tertiary/aromatic N) is 2.